The predicted octanol–water partition coefficient (Wildman–Crippen LogP) is 3.16. The molecule has 3 aromatic rings. The van der Waals surface area contributed by atoms with Crippen LogP contribution in [0.15, 0.2) is 29.7 Å². The van der Waals surface area contributed by atoms with Crippen molar-refractivity contribution in [1.29, 1.82) is 0 Å². The van der Waals surface area contributed by atoms with Gasteiger partial charge in [-0.3, -0.25) is 4.79 Å². The van der Waals surface area contributed by atoms with Crippen molar-refractivity contribution in [3.8, 4) is 0 Å². The largest absolute Gasteiger partial charge is 0.453 e. The van der Waals surface area contributed by atoms with E-state index in [0.717, 1.165) is 9.39 Å². The number of anilines is 1. The Hall–Kier alpha value is -2.75. The highest BCUT2D eigenvalue weighted by molar-refractivity contribution is 7.10. The van der Waals surface area contributed by atoms with Crippen LogP contribution in [0.3, 0.4) is 0 Å². The highest BCUT2D eigenvalue weighted by atomic mass is 32.1. The number of thiophene rings is 1. The molecule has 6 nitrogen and oxygen atoms in total. The maximum Gasteiger partial charge on any atom is 0.453 e. The molecule has 0 saturated carbocycles. The van der Waals surface area contributed by atoms with E-state index in [4.69, 9.17) is 0 Å². The van der Waals surface area contributed by atoms with E-state index in [2.05, 4.69) is 20.4 Å². The minimum Gasteiger partial charge on any atom is -0.307 e. The zero-order chi connectivity index (χ0) is 17.3. The Bertz CT molecular complexity index is 915. The van der Waals surface area contributed by atoms with Crippen LogP contribution in [0, 0.1) is 6.92 Å². The number of amides is 1. The zero-order valence-electron chi connectivity index (χ0n) is 12.2. The molecule has 1 amide bonds. The first-order valence-corrected chi connectivity index (χ1v) is 7.55. The van der Waals surface area contributed by atoms with E-state index in [1.54, 1.807) is 13.0 Å². The quantitative estimate of drug-likeness (QED) is 0.734. The molecule has 10 heteroatoms. The fourth-order valence-electron chi connectivity index (χ4n) is 1.91. The molecule has 0 aromatic carbocycles. The lowest BCUT2D eigenvalue weighted by Gasteiger charge is -2.03. The second kappa shape index (κ2) is 6.04. The SMILES string of the molecule is Cc1cc(NC(=O)C=Cc2cccs2)nc2nc(C(F)(F)F)nn12. The summed E-state index contributed by atoms with van der Waals surface area (Å²) >= 11 is 1.47. The van der Waals surface area contributed by atoms with Gasteiger partial charge in [0.25, 0.3) is 11.6 Å². The molecule has 0 unspecified atom stereocenters. The van der Waals surface area contributed by atoms with Gasteiger partial charge in [-0.1, -0.05) is 6.07 Å². The second-order valence-corrected chi connectivity index (χ2v) is 5.75. The summed E-state index contributed by atoms with van der Waals surface area (Å²) in [5.41, 5.74) is 0.362. The number of fused-ring (bicyclic) bond motifs is 1. The van der Waals surface area contributed by atoms with Crippen LogP contribution in [0.5, 0.6) is 0 Å². The molecule has 0 bridgehead atoms. The Balaban J connectivity index is 1.83. The Morgan fingerprint density at radius 3 is 2.83 bits per heavy atom. The lowest BCUT2D eigenvalue weighted by atomic mass is 10.4. The first kappa shape index (κ1) is 16.1. The van der Waals surface area contributed by atoms with Gasteiger partial charge in [0.1, 0.15) is 5.82 Å². The summed E-state index contributed by atoms with van der Waals surface area (Å²) in [6.45, 7) is 1.54. The number of carbonyl (C=O) groups excluding carboxylic acids is 1. The molecule has 0 atom stereocenters. The van der Waals surface area contributed by atoms with Crippen molar-refractivity contribution in [1.82, 2.24) is 19.6 Å². The van der Waals surface area contributed by atoms with Crippen molar-refractivity contribution in [3.63, 3.8) is 0 Å². The Morgan fingerprint density at radius 2 is 2.17 bits per heavy atom. The lowest BCUT2D eigenvalue weighted by Crippen LogP contribution is -2.11. The molecule has 0 fully saturated rings. The van der Waals surface area contributed by atoms with Gasteiger partial charge in [-0.25, -0.2) is 4.52 Å². The first-order valence-electron chi connectivity index (χ1n) is 6.67. The average molecular weight is 353 g/mol. The third-order valence-corrected chi connectivity index (χ3v) is 3.77. The summed E-state index contributed by atoms with van der Waals surface area (Å²) < 4.78 is 39.0. The van der Waals surface area contributed by atoms with Crippen molar-refractivity contribution >= 4 is 34.9 Å². The number of nitrogens with zero attached hydrogens (tertiary/aromatic N) is 4. The van der Waals surface area contributed by atoms with E-state index < -0.39 is 17.9 Å². The van der Waals surface area contributed by atoms with E-state index in [9.17, 15) is 18.0 Å². The summed E-state index contributed by atoms with van der Waals surface area (Å²) in [4.78, 5) is 20.0. The van der Waals surface area contributed by atoms with Crippen molar-refractivity contribution < 1.29 is 18.0 Å². The van der Waals surface area contributed by atoms with Crippen LogP contribution in [0.4, 0.5) is 19.0 Å². The number of hydrogen-bond acceptors (Lipinski definition) is 5. The van der Waals surface area contributed by atoms with E-state index in [0.29, 0.717) is 5.69 Å². The molecule has 0 saturated heterocycles. The molecule has 1 N–H and O–H groups in total. The summed E-state index contributed by atoms with van der Waals surface area (Å²) in [5.74, 6) is -1.86. The fraction of sp³-hybridized carbons (Fsp3) is 0.143. The molecule has 124 valence electrons. The van der Waals surface area contributed by atoms with Crippen LogP contribution in [-0.4, -0.2) is 25.5 Å². The van der Waals surface area contributed by atoms with Crippen molar-refractivity contribution in [3.05, 3.63) is 46.1 Å². The van der Waals surface area contributed by atoms with Gasteiger partial charge in [-0.15, -0.1) is 16.4 Å². The van der Waals surface area contributed by atoms with Crippen LogP contribution < -0.4 is 5.32 Å². The molecular weight excluding hydrogens is 343 g/mol. The molecule has 0 aliphatic carbocycles. The van der Waals surface area contributed by atoms with Gasteiger partial charge in [0.15, 0.2) is 0 Å². The molecule has 0 spiro atoms. The highest BCUT2D eigenvalue weighted by Gasteiger charge is 2.36. The molecule has 3 heterocycles. The Morgan fingerprint density at radius 1 is 1.38 bits per heavy atom. The maximum atomic E-state index is 12.7. The van der Waals surface area contributed by atoms with Gasteiger partial charge in [-0.05, 0) is 24.4 Å². The molecule has 0 aliphatic heterocycles. The number of rotatable bonds is 3. The molecule has 0 aliphatic rings. The smallest absolute Gasteiger partial charge is 0.307 e. The normalized spacial score (nSPS) is 12.2. The summed E-state index contributed by atoms with van der Waals surface area (Å²) in [7, 11) is 0. The number of hydrogen-bond donors (Lipinski definition) is 1. The minimum absolute atomic E-state index is 0.0990. The average Bonchev–Trinajstić information content (AvgIpc) is 3.13. The van der Waals surface area contributed by atoms with Crippen molar-refractivity contribution in [2.45, 2.75) is 13.1 Å². The predicted molar refractivity (Wildman–Crippen MR) is 82.5 cm³/mol. The van der Waals surface area contributed by atoms with E-state index in [1.807, 2.05) is 17.5 Å². The van der Waals surface area contributed by atoms with Crippen LogP contribution >= 0.6 is 11.3 Å². The molecule has 24 heavy (non-hydrogen) atoms. The number of halogens is 3. The number of alkyl halides is 3. The number of aromatic nitrogens is 4. The summed E-state index contributed by atoms with van der Waals surface area (Å²) in [6.07, 6.45) is -1.71. The highest BCUT2D eigenvalue weighted by Crippen LogP contribution is 2.26. The van der Waals surface area contributed by atoms with Gasteiger partial charge in [0.05, 0.1) is 0 Å². The molecular formula is C14H10F3N5OS. The topological polar surface area (TPSA) is 72.2 Å². The van der Waals surface area contributed by atoms with E-state index >= 15 is 0 Å². The Labute approximate surface area is 137 Å². The van der Waals surface area contributed by atoms with Gasteiger partial charge >= 0.3 is 6.18 Å². The summed E-state index contributed by atoms with van der Waals surface area (Å²) in [6, 6.07) is 5.11. The second-order valence-electron chi connectivity index (χ2n) is 4.77. The maximum absolute atomic E-state index is 12.7. The van der Waals surface area contributed by atoms with Crippen LogP contribution in [-0.2, 0) is 11.0 Å². The molecule has 3 aromatic heterocycles. The van der Waals surface area contributed by atoms with E-state index in [-0.39, 0.29) is 11.6 Å². The number of aryl methyl sites for hydroxylation is 1. The standard InChI is InChI=1S/C14H10F3N5OS/c1-8-7-10(18-11(23)5-4-9-3-2-6-24-9)19-13-20-12(14(15,16)17)21-22(8)13/h2-7H,1H3,(H,18,19,20,21,23). The van der Waals surface area contributed by atoms with Crippen LogP contribution in [0.25, 0.3) is 11.9 Å². The zero-order valence-corrected chi connectivity index (χ0v) is 13.0. The number of nitrogens with one attached hydrogen (secondary N) is 1. The van der Waals surface area contributed by atoms with E-state index in [1.165, 1.54) is 23.5 Å². The van der Waals surface area contributed by atoms with Gasteiger partial charge < -0.3 is 5.32 Å². The van der Waals surface area contributed by atoms with Gasteiger partial charge in [0, 0.05) is 22.7 Å². The minimum atomic E-state index is -4.66. The summed E-state index contributed by atoms with van der Waals surface area (Å²) in [5, 5.41) is 7.73. The third kappa shape index (κ3) is 3.43. The third-order valence-electron chi connectivity index (χ3n) is 2.94. The fourth-order valence-corrected chi connectivity index (χ4v) is 2.53. The monoisotopic (exact) mass is 353 g/mol. The Kier molecular flexibility index (Phi) is 4.06. The van der Waals surface area contributed by atoms with Crippen molar-refractivity contribution in [2.75, 3.05) is 5.32 Å². The van der Waals surface area contributed by atoms with Crippen molar-refractivity contribution in [2.24, 2.45) is 0 Å². The van der Waals surface area contributed by atoms with Crippen LogP contribution in [0.2, 0.25) is 0 Å². The molecule has 3 rings (SSSR count). The molecule has 0 radical (unpaired) electrons. The first-order chi connectivity index (χ1) is 11.3. The van der Waals surface area contributed by atoms with Gasteiger partial charge in [-0.2, -0.15) is 23.1 Å². The number of carbonyl (C=O) groups is 1. The lowest BCUT2D eigenvalue weighted by molar-refractivity contribution is -0.144. The van der Waals surface area contributed by atoms with Gasteiger partial charge in [0.2, 0.25) is 5.91 Å². The van der Waals surface area contributed by atoms with Crippen LogP contribution in [0.1, 0.15) is 16.4 Å².